The Morgan fingerprint density at radius 3 is 2.37 bits per heavy atom. The molecule has 2 aromatic rings. The van der Waals surface area contributed by atoms with Gasteiger partial charge in [-0.05, 0) is 58.5 Å². The van der Waals surface area contributed by atoms with E-state index in [0.717, 1.165) is 9.13 Å². The van der Waals surface area contributed by atoms with Crippen LogP contribution < -0.4 is 5.73 Å². The number of anilines is 1. The van der Waals surface area contributed by atoms with Crippen LogP contribution >= 0.6 is 34.2 Å². The van der Waals surface area contributed by atoms with Crippen LogP contribution in [0.3, 0.4) is 0 Å². The second kappa shape index (κ2) is 5.68. The molecule has 0 unspecified atom stereocenters. The molecule has 0 aliphatic carbocycles. The van der Waals surface area contributed by atoms with Crippen molar-refractivity contribution >= 4 is 49.7 Å². The van der Waals surface area contributed by atoms with Gasteiger partial charge in [-0.15, -0.1) is 0 Å². The van der Waals surface area contributed by atoms with Gasteiger partial charge in [-0.25, -0.2) is 8.42 Å². The molecule has 0 spiro atoms. The summed E-state index contributed by atoms with van der Waals surface area (Å²) in [5.74, 6) is -0.0888. The molecule has 0 atom stereocenters. The molecule has 0 amide bonds. The molecule has 2 rings (SSSR count). The Hall–Kier alpha value is -0.790. The summed E-state index contributed by atoms with van der Waals surface area (Å²) in [7, 11) is -3.49. The monoisotopic (exact) mass is 407 g/mol. The van der Waals surface area contributed by atoms with Crippen molar-refractivity contribution in [1.29, 1.82) is 0 Å². The standard InChI is InChI=1S/C13H11ClINO2S/c14-10-3-6-12(16)13(7-10)19(17,18)8-9-1-4-11(15)5-2-9/h1-7H,8,16H2. The maximum absolute atomic E-state index is 12.3. The molecule has 100 valence electrons. The average molecular weight is 408 g/mol. The lowest BCUT2D eigenvalue weighted by Gasteiger charge is -2.08. The lowest BCUT2D eigenvalue weighted by atomic mass is 10.2. The van der Waals surface area contributed by atoms with Crippen LogP contribution in [0.5, 0.6) is 0 Å². The molecule has 0 aliphatic heterocycles. The molecule has 0 heterocycles. The van der Waals surface area contributed by atoms with E-state index in [0.29, 0.717) is 5.02 Å². The summed E-state index contributed by atoms with van der Waals surface area (Å²) < 4.78 is 25.7. The van der Waals surface area contributed by atoms with Crippen LogP contribution in [-0.2, 0) is 15.6 Å². The van der Waals surface area contributed by atoms with E-state index in [4.69, 9.17) is 17.3 Å². The first-order valence-corrected chi connectivity index (χ1v) is 8.51. The zero-order valence-electron chi connectivity index (χ0n) is 9.81. The lowest BCUT2D eigenvalue weighted by Crippen LogP contribution is -2.08. The van der Waals surface area contributed by atoms with Gasteiger partial charge in [0.2, 0.25) is 0 Å². The third-order valence-corrected chi connectivity index (χ3v) is 5.27. The SMILES string of the molecule is Nc1ccc(Cl)cc1S(=O)(=O)Cc1ccc(I)cc1. The molecular weight excluding hydrogens is 397 g/mol. The quantitative estimate of drug-likeness (QED) is 0.626. The van der Waals surface area contributed by atoms with Crippen LogP contribution in [0.4, 0.5) is 5.69 Å². The van der Waals surface area contributed by atoms with Gasteiger partial charge < -0.3 is 5.73 Å². The van der Waals surface area contributed by atoms with Gasteiger partial charge in [0.05, 0.1) is 16.3 Å². The number of halogens is 2. The number of nitrogens with two attached hydrogens (primary N) is 1. The van der Waals surface area contributed by atoms with Gasteiger partial charge in [-0.1, -0.05) is 23.7 Å². The Balaban J connectivity index is 2.37. The molecule has 0 bridgehead atoms. The summed E-state index contributed by atoms with van der Waals surface area (Å²) in [6.45, 7) is 0. The fraction of sp³-hybridized carbons (Fsp3) is 0.0769. The molecule has 6 heteroatoms. The lowest BCUT2D eigenvalue weighted by molar-refractivity contribution is 0.595. The van der Waals surface area contributed by atoms with Gasteiger partial charge in [-0.3, -0.25) is 0 Å². The maximum atomic E-state index is 12.3. The summed E-state index contributed by atoms with van der Waals surface area (Å²) in [5, 5.41) is 0.357. The number of hydrogen-bond acceptors (Lipinski definition) is 3. The topological polar surface area (TPSA) is 60.2 Å². The number of rotatable bonds is 3. The van der Waals surface area contributed by atoms with Crippen LogP contribution in [0.15, 0.2) is 47.4 Å². The van der Waals surface area contributed by atoms with Crippen molar-refractivity contribution in [2.75, 3.05) is 5.73 Å². The highest BCUT2D eigenvalue weighted by Gasteiger charge is 2.18. The molecule has 0 aromatic heterocycles. The van der Waals surface area contributed by atoms with E-state index >= 15 is 0 Å². The summed E-state index contributed by atoms with van der Waals surface area (Å²) in [4.78, 5) is 0.0820. The van der Waals surface area contributed by atoms with Gasteiger partial charge in [0.15, 0.2) is 9.84 Å². The Bertz CT molecular complexity index is 699. The van der Waals surface area contributed by atoms with Crippen molar-refractivity contribution in [3.05, 3.63) is 56.6 Å². The highest BCUT2D eigenvalue weighted by atomic mass is 127. The van der Waals surface area contributed by atoms with E-state index in [1.807, 2.05) is 12.1 Å². The van der Waals surface area contributed by atoms with Crippen molar-refractivity contribution < 1.29 is 8.42 Å². The van der Waals surface area contributed by atoms with Crippen molar-refractivity contribution in [3.63, 3.8) is 0 Å². The number of nitrogen functional groups attached to an aromatic ring is 1. The van der Waals surface area contributed by atoms with Crippen LogP contribution in [0.1, 0.15) is 5.56 Å². The maximum Gasteiger partial charge on any atom is 0.184 e. The predicted molar refractivity (Wildman–Crippen MR) is 85.9 cm³/mol. The molecule has 3 nitrogen and oxygen atoms in total. The van der Waals surface area contributed by atoms with Gasteiger partial charge >= 0.3 is 0 Å². The molecule has 0 radical (unpaired) electrons. The van der Waals surface area contributed by atoms with E-state index in [1.54, 1.807) is 18.2 Å². The first-order chi connectivity index (χ1) is 8.88. The van der Waals surface area contributed by atoms with Crippen LogP contribution in [0, 0.1) is 3.57 Å². The molecule has 0 aliphatic rings. The molecule has 0 saturated carbocycles. The normalized spacial score (nSPS) is 11.5. The molecule has 19 heavy (non-hydrogen) atoms. The van der Waals surface area contributed by atoms with E-state index in [9.17, 15) is 8.42 Å². The van der Waals surface area contributed by atoms with Gasteiger partial charge in [0.25, 0.3) is 0 Å². The molecule has 2 N–H and O–H groups in total. The zero-order chi connectivity index (χ0) is 14.0. The number of sulfone groups is 1. The smallest absolute Gasteiger partial charge is 0.184 e. The van der Waals surface area contributed by atoms with E-state index < -0.39 is 9.84 Å². The van der Waals surface area contributed by atoms with E-state index in [2.05, 4.69) is 22.6 Å². The molecule has 0 saturated heterocycles. The van der Waals surface area contributed by atoms with Crippen molar-refractivity contribution in [1.82, 2.24) is 0 Å². The highest BCUT2D eigenvalue weighted by Crippen LogP contribution is 2.26. The second-order valence-electron chi connectivity index (χ2n) is 4.07. The van der Waals surface area contributed by atoms with Gasteiger partial charge in [0, 0.05) is 8.59 Å². The summed E-state index contributed by atoms with van der Waals surface area (Å²) in [6, 6.07) is 11.8. The zero-order valence-corrected chi connectivity index (χ0v) is 13.5. The van der Waals surface area contributed by atoms with Gasteiger partial charge in [-0.2, -0.15) is 0 Å². The van der Waals surface area contributed by atoms with Crippen LogP contribution in [-0.4, -0.2) is 8.42 Å². The third-order valence-electron chi connectivity index (χ3n) is 2.58. The average Bonchev–Trinajstić information content (AvgIpc) is 2.35. The third kappa shape index (κ3) is 3.61. The minimum Gasteiger partial charge on any atom is -0.398 e. The van der Waals surface area contributed by atoms with Gasteiger partial charge in [0.1, 0.15) is 0 Å². The molecule has 0 fully saturated rings. The fourth-order valence-corrected chi connectivity index (χ4v) is 3.77. The van der Waals surface area contributed by atoms with Crippen molar-refractivity contribution in [2.45, 2.75) is 10.6 Å². The first-order valence-electron chi connectivity index (χ1n) is 5.41. The molecular formula is C13H11ClINO2S. The Morgan fingerprint density at radius 1 is 1.11 bits per heavy atom. The molecule has 2 aromatic carbocycles. The minimum atomic E-state index is -3.49. The van der Waals surface area contributed by atoms with Crippen LogP contribution in [0.2, 0.25) is 5.02 Å². The van der Waals surface area contributed by atoms with Crippen molar-refractivity contribution in [3.8, 4) is 0 Å². The Labute approximate surface area is 130 Å². The Morgan fingerprint density at radius 2 is 1.74 bits per heavy atom. The number of benzene rings is 2. The predicted octanol–water partition coefficient (Wildman–Crippen LogP) is 3.50. The minimum absolute atomic E-state index is 0.0820. The highest BCUT2D eigenvalue weighted by molar-refractivity contribution is 14.1. The summed E-state index contributed by atoms with van der Waals surface area (Å²) >= 11 is 7.99. The largest absolute Gasteiger partial charge is 0.398 e. The first kappa shape index (κ1) is 14.6. The second-order valence-corrected chi connectivity index (χ2v) is 7.71. The summed E-state index contributed by atoms with van der Waals surface area (Å²) in [5.41, 5.74) is 6.65. The van der Waals surface area contributed by atoms with Crippen LogP contribution in [0.25, 0.3) is 0 Å². The fourth-order valence-electron chi connectivity index (χ4n) is 1.66. The van der Waals surface area contributed by atoms with E-state index in [1.165, 1.54) is 12.1 Å². The van der Waals surface area contributed by atoms with Crippen molar-refractivity contribution in [2.24, 2.45) is 0 Å². The van der Waals surface area contributed by atoms with E-state index in [-0.39, 0.29) is 16.3 Å². The number of hydrogen-bond donors (Lipinski definition) is 1. The Kier molecular flexibility index (Phi) is 4.37. The summed E-state index contributed by atoms with van der Waals surface area (Å²) in [6.07, 6.45) is 0.